The van der Waals surface area contributed by atoms with Gasteiger partial charge in [0.2, 0.25) is 0 Å². The third-order valence-corrected chi connectivity index (χ3v) is 7.77. The van der Waals surface area contributed by atoms with Gasteiger partial charge in [-0.05, 0) is 74.8 Å². The van der Waals surface area contributed by atoms with Crippen LogP contribution in [0.5, 0.6) is 0 Å². The van der Waals surface area contributed by atoms with Crippen LogP contribution in [0, 0.1) is 12.3 Å². The molecule has 1 N–H and O–H groups in total. The number of nitrogens with zero attached hydrogens (tertiary/aromatic N) is 3. The van der Waals surface area contributed by atoms with Gasteiger partial charge in [0.1, 0.15) is 17.3 Å². The predicted molar refractivity (Wildman–Crippen MR) is 133 cm³/mol. The molecule has 2 aromatic rings. The Morgan fingerprint density at radius 1 is 1.39 bits per heavy atom. The number of amides is 1. The summed E-state index contributed by atoms with van der Waals surface area (Å²) in [4.78, 5) is 25.3. The lowest BCUT2D eigenvalue weighted by atomic mass is 9.87. The summed E-state index contributed by atoms with van der Waals surface area (Å²) in [7, 11) is 0. The minimum Gasteiger partial charge on any atom is -0.368 e. The van der Waals surface area contributed by atoms with Crippen LogP contribution in [0.4, 0.5) is 10.2 Å². The highest BCUT2D eigenvalue weighted by Crippen LogP contribution is 2.55. The molecule has 1 saturated heterocycles. The number of rotatable bonds is 7. The van der Waals surface area contributed by atoms with Crippen LogP contribution in [0.3, 0.4) is 0 Å². The van der Waals surface area contributed by atoms with E-state index in [1.807, 2.05) is 24.8 Å². The van der Waals surface area contributed by atoms with Crippen molar-refractivity contribution in [1.29, 1.82) is 0 Å². The molecule has 1 atom stereocenters. The monoisotopic (exact) mass is 486 g/mol. The van der Waals surface area contributed by atoms with Gasteiger partial charge in [-0.3, -0.25) is 4.79 Å². The first-order chi connectivity index (χ1) is 15.8. The van der Waals surface area contributed by atoms with Crippen LogP contribution in [-0.2, 0) is 0 Å². The molecule has 1 saturated carbocycles. The van der Waals surface area contributed by atoms with Crippen molar-refractivity contribution in [3.63, 3.8) is 0 Å². The third-order valence-electron chi connectivity index (χ3n) is 6.44. The molecular weight excluding hydrogens is 459 g/mol. The number of pyridine rings is 1. The minimum atomic E-state index is -0.420. The van der Waals surface area contributed by atoms with Crippen molar-refractivity contribution in [3.8, 4) is 0 Å². The van der Waals surface area contributed by atoms with E-state index in [4.69, 9.17) is 11.6 Å². The summed E-state index contributed by atoms with van der Waals surface area (Å²) in [5.41, 5.74) is 1.62. The molecule has 3 heterocycles. The second-order valence-corrected chi connectivity index (χ2v) is 10.5. The highest BCUT2D eigenvalue weighted by atomic mass is 35.5. The lowest BCUT2D eigenvalue weighted by Crippen LogP contribution is -2.50. The van der Waals surface area contributed by atoms with E-state index in [0.717, 1.165) is 40.2 Å². The summed E-state index contributed by atoms with van der Waals surface area (Å²) in [5.74, 6) is 0.250. The fourth-order valence-corrected chi connectivity index (χ4v) is 5.36. The van der Waals surface area contributed by atoms with Crippen molar-refractivity contribution in [2.24, 2.45) is 5.41 Å². The van der Waals surface area contributed by atoms with E-state index in [9.17, 15) is 9.18 Å². The van der Waals surface area contributed by atoms with Crippen LogP contribution < -0.4 is 5.32 Å². The number of halogens is 2. The lowest BCUT2D eigenvalue weighted by Gasteiger charge is -2.40. The topological polar surface area (TPSA) is 58.1 Å². The van der Waals surface area contributed by atoms with Gasteiger partial charge in [-0.25, -0.2) is 14.4 Å². The molecule has 1 unspecified atom stereocenters. The fraction of sp³-hybridized carbons (Fsp3) is 0.400. The molecule has 8 heteroatoms. The average Bonchev–Trinajstić information content (AvgIpc) is 3.44. The zero-order chi connectivity index (χ0) is 23.6. The number of aryl methyl sites for hydroxylation is 1. The first-order valence-electron chi connectivity index (χ1n) is 11.1. The van der Waals surface area contributed by atoms with E-state index in [1.54, 1.807) is 18.3 Å². The highest BCUT2D eigenvalue weighted by Gasteiger charge is 2.49. The molecule has 0 radical (unpaired) electrons. The maximum Gasteiger partial charge on any atom is 0.274 e. The van der Waals surface area contributed by atoms with E-state index in [1.165, 1.54) is 30.3 Å². The molecule has 1 spiro atoms. The Labute approximate surface area is 203 Å². The van der Waals surface area contributed by atoms with Crippen molar-refractivity contribution in [3.05, 3.63) is 69.6 Å². The van der Waals surface area contributed by atoms with Gasteiger partial charge in [-0.1, -0.05) is 24.3 Å². The molecule has 5 nitrogen and oxygen atoms in total. The zero-order valence-electron chi connectivity index (χ0n) is 18.9. The Bertz CT molecular complexity index is 1100. The molecule has 4 rings (SSSR count). The molecule has 0 aromatic carbocycles. The number of carbonyl (C=O) groups is 1. The lowest BCUT2D eigenvalue weighted by molar-refractivity contribution is 0.0540. The summed E-state index contributed by atoms with van der Waals surface area (Å²) in [5, 5.41) is 4.77. The second kappa shape index (κ2) is 9.77. The maximum absolute atomic E-state index is 13.7. The Hall–Kier alpha value is -2.51. The average molecular weight is 487 g/mol. The van der Waals surface area contributed by atoms with E-state index in [-0.39, 0.29) is 11.9 Å². The number of hydrogen-bond acceptors (Lipinski definition) is 5. The molecule has 174 valence electrons. The smallest absolute Gasteiger partial charge is 0.274 e. The van der Waals surface area contributed by atoms with Crippen LogP contribution in [0.25, 0.3) is 5.57 Å². The number of thiazole rings is 1. The highest BCUT2D eigenvalue weighted by molar-refractivity contribution is 7.13. The van der Waals surface area contributed by atoms with Crippen LogP contribution >= 0.6 is 22.9 Å². The largest absolute Gasteiger partial charge is 0.368 e. The maximum atomic E-state index is 13.7. The first-order valence-corrected chi connectivity index (χ1v) is 12.3. The van der Waals surface area contributed by atoms with Gasteiger partial charge in [-0.2, -0.15) is 0 Å². The number of nitrogens with one attached hydrogen (secondary N) is 1. The summed E-state index contributed by atoms with van der Waals surface area (Å²) >= 11 is 7.40. The number of anilines is 1. The van der Waals surface area contributed by atoms with Crippen LogP contribution in [-0.4, -0.2) is 39.9 Å². The quantitative estimate of drug-likeness (QED) is 0.457. The Kier molecular flexibility index (Phi) is 7.00. The normalized spacial score (nSPS) is 20.1. The van der Waals surface area contributed by atoms with E-state index >= 15 is 0 Å². The molecule has 2 fully saturated rings. The van der Waals surface area contributed by atoms with Gasteiger partial charge < -0.3 is 10.2 Å². The molecule has 1 amide bonds. The zero-order valence-corrected chi connectivity index (χ0v) is 20.5. The molecule has 33 heavy (non-hydrogen) atoms. The third kappa shape index (κ3) is 5.53. The molecular formula is C25H28ClFN4OS. The van der Waals surface area contributed by atoms with Crippen LogP contribution in [0.1, 0.15) is 53.0 Å². The number of carbonyl (C=O) groups excluding carboxylic acids is 1. The Balaban J connectivity index is 1.56. The van der Waals surface area contributed by atoms with Crippen molar-refractivity contribution in [1.82, 2.24) is 14.9 Å². The molecule has 2 aromatic heterocycles. The first kappa shape index (κ1) is 23.6. The number of hydrogen-bond donors (Lipinski definition) is 1. The standard InChI is InChI=1S/C25H28ClFN4OS/c1-4-19(27)7-5-16(2)23-22(30-17(3)33-23)24(32)31-12-11-25(9-10-25)13-20(31)15-29-21-8-6-18(26)14-28-21/h4-8,14,20H,1,9-13,15H2,2-3H3,(H,28,29)/b16-5+,19-7+. The predicted octanol–water partition coefficient (Wildman–Crippen LogP) is 6.44. The summed E-state index contributed by atoms with van der Waals surface area (Å²) < 4.78 is 13.5. The Morgan fingerprint density at radius 3 is 2.85 bits per heavy atom. The number of likely N-dealkylation sites (tertiary alicyclic amines) is 1. The van der Waals surface area contributed by atoms with Crippen molar-refractivity contribution < 1.29 is 9.18 Å². The molecule has 0 bridgehead atoms. The van der Waals surface area contributed by atoms with Crippen LogP contribution in [0.2, 0.25) is 5.02 Å². The van der Waals surface area contributed by atoms with E-state index < -0.39 is 5.83 Å². The molecule has 2 aliphatic rings. The van der Waals surface area contributed by atoms with Crippen molar-refractivity contribution >= 4 is 40.2 Å². The number of allylic oxidation sites excluding steroid dienone is 5. The van der Waals surface area contributed by atoms with E-state index in [0.29, 0.717) is 29.2 Å². The summed E-state index contributed by atoms with van der Waals surface area (Å²) in [6.45, 7) is 8.52. The van der Waals surface area contributed by atoms with E-state index in [2.05, 4.69) is 21.9 Å². The summed E-state index contributed by atoms with van der Waals surface area (Å²) in [6.07, 6.45) is 10.2. The van der Waals surface area contributed by atoms with Gasteiger partial charge in [0.15, 0.2) is 0 Å². The number of piperidine rings is 1. The van der Waals surface area contributed by atoms with Gasteiger partial charge in [-0.15, -0.1) is 11.3 Å². The number of aromatic nitrogens is 2. The van der Waals surface area contributed by atoms with Gasteiger partial charge in [0, 0.05) is 25.3 Å². The minimum absolute atomic E-state index is 0.0449. The molecule has 1 aliphatic heterocycles. The van der Waals surface area contributed by atoms with Gasteiger partial charge >= 0.3 is 0 Å². The van der Waals surface area contributed by atoms with Crippen molar-refractivity contribution in [2.45, 2.75) is 45.6 Å². The van der Waals surface area contributed by atoms with Crippen molar-refractivity contribution in [2.75, 3.05) is 18.4 Å². The summed E-state index contributed by atoms with van der Waals surface area (Å²) in [6, 6.07) is 3.69. The fourth-order valence-electron chi connectivity index (χ4n) is 4.36. The second-order valence-electron chi connectivity index (χ2n) is 8.87. The Morgan fingerprint density at radius 2 is 2.18 bits per heavy atom. The van der Waals surface area contributed by atoms with Gasteiger partial charge in [0.25, 0.3) is 5.91 Å². The van der Waals surface area contributed by atoms with Gasteiger partial charge in [0.05, 0.1) is 14.9 Å². The molecule has 1 aliphatic carbocycles. The van der Waals surface area contributed by atoms with Crippen LogP contribution in [0.15, 0.2) is 49.0 Å². The SMILES string of the molecule is C=C/C(F)=C\C=C(/C)c1sc(C)nc1C(=O)N1CCC2(CC2)CC1CNc1ccc(Cl)cn1.